The molecule has 0 aliphatic carbocycles. The number of aliphatic hydroxyl groups is 1. The predicted molar refractivity (Wildman–Crippen MR) is 73.4 cm³/mol. The lowest BCUT2D eigenvalue weighted by Gasteiger charge is -2.09. The molecule has 5 heteroatoms. The van der Waals surface area contributed by atoms with Crippen molar-refractivity contribution in [1.29, 1.82) is 0 Å². The number of aliphatic hydroxyl groups excluding tert-OH is 1. The molecule has 2 rings (SSSR count). The van der Waals surface area contributed by atoms with Gasteiger partial charge < -0.3 is 9.84 Å². The van der Waals surface area contributed by atoms with E-state index in [9.17, 15) is 9.50 Å². The summed E-state index contributed by atoms with van der Waals surface area (Å²) in [6.07, 6.45) is -0.813. The Labute approximate surface area is 117 Å². The average molecular weight is 331 g/mol. The van der Waals surface area contributed by atoms with Crippen LogP contribution in [0.2, 0.25) is 0 Å². The molecule has 1 N–H and O–H groups in total. The third kappa shape index (κ3) is 3.31. The van der Waals surface area contributed by atoms with Crippen molar-refractivity contribution in [1.82, 2.24) is 0 Å². The van der Waals surface area contributed by atoms with Gasteiger partial charge in [0.1, 0.15) is 18.2 Å². The fourth-order valence-electron chi connectivity index (χ4n) is 1.52. The van der Waals surface area contributed by atoms with Gasteiger partial charge in [-0.05, 0) is 41.1 Å². The molecule has 0 saturated carbocycles. The molecule has 18 heavy (non-hydrogen) atoms. The Morgan fingerprint density at radius 3 is 2.78 bits per heavy atom. The first-order valence-corrected chi connectivity index (χ1v) is 7.07. The smallest absolute Gasteiger partial charge is 0.132 e. The number of hydrogen-bond acceptors (Lipinski definition) is 3. The molecule has 1 aromatic heterocycles. The highest BCUT2D eigenvalue weighted by Crippen LogP contribution is 2.24. The average Bonchev–Trinajstić information content (AvgIpc) is 2.72. The molecule has 0 aliphatic heterocycles. The van der Waals surface area contributed by atoms with E-state index < -0.39 is 11.9 Å². The maximum Gasteiger partial charge on any atom is 0.132 e. The third-order valence-electron chi connectivity index (χ3n) is 2.42. The van der Waals surface area contributed by atoms with Crippen LogP contribution in [0.5, 0.6) is 5.75 Å². The van der Waals surface area contributed by atoms with Crippen LogP contribution in [0.15, 0.2) is 34.1 Å². The number of hydrogen-bond donors (Lipinski definition) is 1. The fourth-order valence-corrected chi connectivity index (χ4v) is 2.88. The lowest BCUT2D eigenvalue weighted by Crippen LogP contribution is -1.98. The lowest BCUT2D eigenvalue weighted by atomic mass is 10.1. The van der Waals surface area contributed by atoms with Gasteiger partial charge >= 0.3 is 0 Å². The minimum Gasteiger partial charge on any atom is -0.488 e. The molecule has 0 radical (unpaired) electrons. The van der Waals surface area contributed by atoms with Crippen LogP contribution in [-0.2, 0) is 6.61 Å². The van der Waals surface area contributed by atoms with Gasteiger partial charge in [-0.3, -0.25) is 0 Å². The molecule has 1 atom stereocenters. The second-order valence-corrected chi connectivity index (χ2v) is 5.79. The van der Waals surface area contributed by atoms with E-state index in [0.29, 0.717) is 12.4 Å². The van der Waals surface area contributed by atoms with E-state index in [4.69, 9.17) is 4.74 Å². The molecular weight excluding hydrogens is 319 g/mol. The van der Waals surface area contributed by atoms with Crippen molar-refractivity contribution in [3.63, 3.8) is 0 Å². The molecule has 0 amide bonds. The number of thiophene rings is 1. The Balaban J connectivity index is 2.04. The van der Waals surface area contributed by atoms with Crippen LogP contribution in [-0.4, -0.2) is 5.11 Å². The molecule has 2 nitrogen and oxygen atoms in total. The van der Waals surface area contributed by atoms with E-state index >= 15 is 0 Å². The van der Waals surface area contributed by atoms with Gasteiger partial charge in [0.05, 0.1) is 6.10 Å². The van der Waals surface area contributed by atoms with E-state index in [2.05, 4.69) is 15.9 Å². The zero-order chi connectivity index (χ0) is 13.1. The van der Waals surface area contributed by atoms with Crippen molar-refractivity contribution in [3.05, 3.63) is 50.4 Å². The van der Waals surface area contributed by atoms with Gasteiger partial charge in [0.25, 0.3) is 0 Å². The maximum absolute atomic E-state index is 13.6. The van der Waals surface area contributed by atoms with Crippen LogP contribution in [0.1, 0.15) is 23.5 Å². The minimum atomic E-state index is -0.813. The fraction of sp³-hybridized carbons (Fsp3) is 0.231. The van der Waals surface area contributed by atoms with Gasteiger partial charge in [0.15, 0.2) is 0 Å². The Morgan fingerprint density at radius 1 is 1.44 bits per heavy atom. The number of rotatable bonds is 4. The summed E-state index contributed by atoms with van der Waals surface area (Å²) in [5.41, 5.74) is 0.279. The van der Waals surface area contributed by atoms with Crippen LogP contribution in [0.4, 0.5) is 4.39 Å². The molecular formula is C13H12BrFO2S. The Kier molecular flexibility index (Phi) is 4.37. The van der Waals surface area contributed by atoms with E-state index in [1.165, 1.54) is 13.0 Å². The second kappa shape index (κ2) is 5.82. The maximum atomic E-state index is 13.6. The van der Waals surface area contributed by atoms with Crippen molar-refractivity contribution in [2.75, 3.05) is 0 Å². The second-order valence-electron chi connectivity index (χ2n) is 3.88. The van der Waals surface area contributed by atoms with E-state index in [-0.39, 0.29) is 5.56 Å². The minimum absolute atomic E-state index is 0.279. The summed E-state index contributed by atoms with van der Waals surface area (Å²) < 4.78 is 20.1. The normalized spacial score (nSPS) is 12.4. The van der Waals surface area contributed by atoms with Gasteiger partial charge in [-0.1, -0.05) is 0 Å². The first-order valence-electron chi connectivity index (χ1n) is 5.39. The zero-order valence-electron chi connectivity index (χ0n) is 9.69. The highest BCUT2D eigenvalue weighted by Gasteiger charge is 2.09. The summed E-state index contributed by atoms with van der Waals surface area (Å²) >= 11 is 4.94. The van der Waals surface area contributed by atoms with Crippen LogP contribution < -0.4 is 4.74 Å². The van der Waals surface area contributed by atoms with Crippen molar-refractivity contribution < 1.29 is 14.2 Å². The first kappa shape index (κ1) is 13.5. The van der Waals surface area contributed by atoms with E-state index in [1.807, 2.05) is 11.4 Å². The zero-order valence-corrected chi connectivity index (χ0v) is 12.1. The first-order chi connectivity index (χ1) is 8.56. The monoisotopic (exact) mass is 330 g/mol. The summed E-state index contributed by atoms with van der Waals surface area (Å²) in [4.78, 5) is 1.06. The Hall–Kier alpha value is -0.910. The molecule has 1 heterocycles. The van der Waals surface area contributed by atoms with Crippen LogP contribution >= 0.6 is 27.3 Å². The van der Waals surface area contributed by atoms with Gasteiger partial charge in [-0.25, -0.2) is 4.39 Å². The molecule has 0 saturated heterocycles. The molecule has 0 spiro atoms. The van der Waals surface area contributed by atoms with Crippen molar-refractivity contribution in [2.45, 2.75) is 19.6 Å². The van der Waals surface area contributed by atoms with Crippen LogP contribution in [0.25, 0.3) is 0 Å². The van der Waals surface area contributed by atoms with Crippen molar-refractivity contribution in [2.24, 2.45) is 0 Å². The Bertz CT molecular complexity index is 540. The third-order valence-corrected chi connectivity index (χ3v) is 4.10. The van der Waals surface area contributed by atoms with Gasteiger partial charge in [0, 0.05) is 26.4 Å². The highest BCUT2D eigenvalue weighted by molar-refractivity contribution is 9.10. The number of benzene rings is 1. The summed E-state index contributed by atoms with van der Waals surface area (Å²) in [6, 6.07) is 6.46. The number of halogens is 2. The molecule has 0 fully saturated rings. The van der Waals surface area contributed by atoms with Gasteiger partial charge in [-0.15, -0.1) is 11.3 Å². The highest BCUT2D eigenvalue weighted by atomic mass is 79.9. The summed E-state index contributed by atoms with van der Waals surface area (Å²) in [6.45, 7) is 1.94. The van der Waals surface area contributed by atoms with Gasteiger partial charge in [-0.2, -0.15) is 0 Å². The van der Waals surface area contributed by atoms with Gasteiger partial charge in [0.2, 0.25) is 0 Å². The molecule has 0 bridgehead atoms. The standard InChI is InChI=1S/C13H12BrFO2S/c1-8(16)12-3-2-10(5-13(12)15)17-6-11-4-9(14)7-18-11/h2-5,7-8,16H,6H2,1H3/t8-/m1/s1. The van der Waals surface area contributed by atoms with Crippen molar-refractivity contribution in [3.8, 4) is 5.75 Å². The number of ether oxygens (including phenoxy) is 1. The molecule has 96 valence electrons. The molecule has 0 unspecified atom stereocenters. The topological polar surface area (TPSA) is 29.5 Å². The lowest BCUT2D eigenvalue weighted by molar-refractivity contribution is 0.194. The summed E-state index contributed by atoms with van der Waals surface area (Å²) in [5.74, 6) is 0.0104. The predicted octanol–water partition coefficient (Wildman–Crippen LogP) is 4.28. The molecule has 1 aromatic carbocycles. The van der Waals surface area contributed by atoms with E-state index in [1.54, 1.807) is 23.5 Å². The van der Waals surface area contributed by atoms with Crippen LogP contribution in [0.3, 0.4) is 0 Å². The summed E-state index contributed by atoms with van der Waals surface area (Å²) in [7, 11) is 0. The Morgan fingerprint density at radius 2 is 2.22 bits per heavy atom. The largest absolute Gasteiger partial charge is 0.488 e. The van der Waals surface area contributed by atoms with Crippen LogP contribution in [0, 0.1) is 5.82 Å². The van der Waals surface area contributed by atoms with E-state index in [0.717, 1.165) is 9.35 Å². The summed E-state index contributed by atoms with van der Waals surface area (Å²) in [5, 5.41) is 11.3. The van der Waals surface area contributed by atoms with Crippen molar-refractivity contribution >= 4 is 27.3 Å². The molecule has 0 aliphatic rings. The quantitative estimate of drug-likeness (QED) is 0.906. The SMILES string of the molecule is C[C@@H](O)c1ccc(OCc2cc(Br)cs2)cc1F. The molecule has 2 aromatic rings.